The van der Waals surface area contributed by atoms with Crippen LogP contribution in [0.2, 0.25) is 0 Å². The van der Waals surface area contributed by atoms with Crippen LogP contribution in [0.4, 0.5) is 0 Å². The number of rotatable bonds is 2. The fourth-order valence-electron chi connectivity index (χ4n) is 1.96. The molecule has 0 radical (unpaired) electrons. The molecule has 1 fully saturated rings. The summed E-state index contributed by atoms with van der Waals surface area (Å²) in [6, 6.07) is 9.11. The van der Waals surface area contributed by atoms with Gasteiger partial charge >= 0.3 is 0 Å². The average Bonchev–Trinajstić information content (AvgIpc) is 2.24. The second-order valence-electron chi connectivity index (χ2n) is 4.12. The Bertz CT molecular complexity index is 327. The van der Waals surface area contributed by atoms with Gasteiger partial charge in [0.1, 0.15) is 0 Å². The molecule has 0 aliphatic carbocycles. The van der Waals surface area contributed by atoms with Gasteiger partial charge in [-0.25, -0.2) is 0 Å². The third kappa shape index (κ3) is 2.80. The molecule has 82 valence electrons. The van der Waals surface area contributed by atoms with E-state index in [4.69, 9.17) is 0 Å². The lowest BCUT2D eigenvalue weighted by Gasteiger charge is -2.34. The van der Waals surface area contributed by atoms with Crippen LogP contribution in [-0.2, 0) is 6.54 Å². The molecule has 1 aromatic carbocycles. The Kier molecular flexibility index (Phi) is 3.78. The van der Waals surface area contributed by atoms with E-state index in [-0.39, 0.29) is 0 Å². The Balaban J connectivity index is 2.04. The summed E-state index contributed by atoms with van der Waals surface area (Å²) in [7, 11) is 0. The van der Waals surface area contributed by atoms with Crippen molar-refractivity contribution < 1.29 is 0 Å². The Labute approximate surface area is 99.8 Å². The van der Waals surface area contributed by atoms with Crippen molar-refractivity contribution in [1.82, 2.24) is 10.2 Å². The zero-order chi connectivity index (χ0) is 10.7. The lowest BCUT2D eigenvalue weighted by molar-refractivity contribution is 0.165. The van der Waals surface area contributed by atoms with Crippen LogP contribution >= 0.6 is 15.9 Å². The first kappa shape index (κ1) is 11.1. The highest BCUT2D eigenvalue weighted by molar-refractivity contribution is 9.10. The fourth-order valence-corrected chi connectivity index (χ4v) is 2.37. The van der Waals surface area contributed by atoms with Gasteiger partial charge in [-0.2, -0.15) is 0 Å². The quantitative estimate of drug-likeness (QED) is 0.885. The molecule has 0 aromatic heterocycles. The van der Waals surface area contributed by atoms with Crippen molar-refractivity contribution in [2.24, 2.45) is 0 Å². The van der Waals surface area contributed by atoms with Crippen LogP contribution < -0.4 is 5.32 Å². The molecule has 1 saturated heterocycles. The van der Waals surface area contributed by atoms with Gasteiger partial charge in [0.25, 0.3) is 0 Å². The molecule has 3 heteroatoms. The van der Waals surface area contributed by atoms with Gasteiger partial charge in [-0.1, -0.05) is 34.1 Å². The number of nitrogens with zero attached hydrogens (tertiary/aromatic N) is 1. The zero-order valence-corrected chi connectivity index (χ0v) is 10.6. The van der Waals surface area contributed by atoms with Crippen LogP contribution in [0.1, 0.15) is 12.5 Å². The third-order valence-electron chi connectivity index (χ3n) is 2.97. The number of hydrogen-bond donors (Lipinski definition) is 1. The highest BCUT2D eigenvalue weighted by Gasteiger charge is 2.18. The van der Waals surface area contributed by atoms with E-state index in [2.05, 4.69) is 57.3 Å². The minimum Gasteiger partial charge on any atom is -0.314 e. The minimum absolute atomic E-state index is 0.630. The van der Waals surface area contributed by atoms with Crippen LogP contribution in [0, 0.1) is 0 Å². The van der Waals surface area contributed by atoms with Crippen LogP contribution in [0.3, 0.4) is 0 Å². The molecule has 0 bridgehead atoms. The maximum Gasteiger partial charge on any atom is 0.0248 e. The second kappa shape index (κ2) is 5.10. The van der Waals surface area contributed by atoms with Crippen molar-refractivity contribution in [3.8, 4) is 0 Å². The third-order valence-corrected chi connectivity index (χ3v) is 3.74. The summed E-state index contributed by atoms with van der Waals surface area (Å²) < 4.78 is 1.22. The molecule has 1 aliphatic rings. The highest BCUT2D eigenvalue weighted by Crippen LogP contribution is 2.19. The van der Waals surface area contributed by atoms with Crippen molar-refractivity contribution in [2.45, 2.75) is 19.5 Å². The summed E-state index contributed by atoms with van der Waals surface area (Å²) >= 11 is 3.60. The van der Waals surface area contributed by atoms with Gasteiger partial charge in [0.15, 0.2) is 0 Å². The van der Waals surface area contributed by atoms with Crippen LogP contribution in [0.25, 0.3) is 0 Å². The maximum absolute atomic E-state index is 3.60. The standard InChI is InChI=1S/C12H17BrN2/c1-10-8-14-6-7-15(10)9-11-4-2-3-5-12(11)13/h2-5,10,14H,6-9H2,1H3. The van der Waals surface area contributed by atoms with E-state index >= 15 is 0 Å². The summed E-state index contributed by atoms with van der Waals surface area (Å²) in [6.07, 6.45) is 0. The molecule has 1 aliphatic heterocycles. The predicted molar refractivity (Wildman–Crippen MR) is 66.9 cm³/mol. The van der Waals surface area contributed by atoms with Gasteiger partial charge in [-0.15, -0.1) is 0 Å². The largest absolute Gasteiger partial charge is 0.314 e. The van der Waals surface area contributed by atoms with Crippen LogP contribution in [0.5, 0.6) is 0 Å². The predicted octanol–water partition coefficient (Wildman–Crippen LogP) is 2.24. The van der Waals surface area contributed by atoms with E-state index in [1.165, 1.54) is 10.0 Å². The van der Waals surface area contributed by atoms with Crippen molar-refractivity contribution in [3.05, 3.63) is 34.3 Å². The first-order valence-electron chi connectivity index (χ1n) is 5.45. The van der Waals surface area contributed by atoms with Crippen molar-refractivity contribution >= 4 is 15.9 Å². The average molecular weight is 269 g/mol. The van der Waals surface area contributed by atoms with E-state index in [1.807, 2.05) is 0 Å². The molecule has 0 saturated carbocycles. The van der Waals surface area contributed by atoms with Gasteiger partial charge in [-0.3, -0.25) is 4.90 Å². The summed E-state index contributed by atoms with van der Waals surface area (Å²) in [4.78, 5) is 2.52. The van der Waals surface area contributed by atoms with Crippen molar-refractivity contribution in [1.29, 1.82) is 0 Å². The van der Waals surface area contributed by atoms with Crippen LogP contribution in [-0.4, -0.2) is 30.6 Å². The molecule has 0 amide bonds. The van der Waals surface area contributed by atoms with E-state index in [0.717, 1.165) is 26.2 Å². The van der Waals surface area contributed by atoms with Gasteiger partial charge in [0.05, 0.1) is 0 Å². The highest BCUT2D eigenvalue weighted by atomic mass is 79.9. The Morgan fingerprint density at radius 3 is 3.00 bits per heavy atom. The molecule has 1 heterocycles. The summed E-state index contributed by atoms with van der Waals surface area (Å²) in [6.45, 7) is 6.68. The maximum atomic E-state index is 3.60. The molecular weight excluding hydrogens is 252 g/mol. The van der Waals surface area contributed by atoms with Gasteiger partial charge in [0, 0.05) is 36.7 Å². The van der Waals surface area contributed by atoms with E-state index in [1.54, 1.807) is 0 Å². The monoisotopic (exact) mass is 268 g/mol. The number of halogens is 1. The Morgan fingerprint density at radius 2 is 2.27 bits per heavy atom. The molecule has 1 atom stereocenters. The van der Waals surface area contributed by atoms with Gasteiger partial charge in [0.2, 0.25) is 0 Å². The number of benzene rings is 1. The summed E-state index contributed by atoms with van der Waals surface area (Å²) in [5.74, 6) is 0. The topological polar surface area (TPSA) is 15.3 Å². The lowest BCUT2D eigenvalue weighted by Crippen LogP contribution is -2.49. The molecule has 1 N–H and O–H groups in total. The van der Waals surface area contributed by atoms with Gasteiger partial charge < -0.3 is 5.32 Å². The normalized spacial score (nSPS) is 22.9. The minimum atomic E-state index is 0.630. The first-order valence-corrected chi connectivity index (χ1v) is 6.25. The molecule has 1 aromatic rings. The van der Waals surface area contributed by atoms with E-state index < -0.39 is 0 Å². The first-order chi connectivity index (χ1) is 7.27. The summed E-state index contributed by atoms with van der Waals surface area (Å²) in [5, 5.41) is 3.41. The molecule has 0 spiro atoms. The second-order valence-corrected chi connectivity index (χ2v) is 4.97. The number of nitrogens with one attached hydrogen (secondary N) is 1. The van der Waals surface area contributed by atoms with Crippen molar-refractivity contribution in [3.63, 3.8) is 0 Å². The van der Waals surface area contributed by atoms with Crippen molar-refractivity contribution in [2.75, 3.05) is 19.6 Å². The summed E-state index contributed by atoms with van der Waals surface area (Å²) in [5.41, 5.74) is 1.38. The molecule has 2 rings (SSSR count). The molecular formula is C12H17BrN2. The van der Waals surface area contributed by atoms with Gasteiger partial charge in [-0.05, 0) is 18.6 Å². The fraction of sp³-hybridized carbons (Fsp3) is 0.500. The zero-order valence-electron chi connectivity index (χ0n) is 9.04. The molecule has 1 unspecified atom stereocenters. The Morgan fingerprint density at radius 1 is 1.47 bits per heavy atom. The van der Waals surface area contributed by atoms with Crippen LogP contribution in [0.15, 0.2) is 28.7 Å². The lowest BCUT2D eigenvalue weighted by atomic mass is 10.1. The Hall–Kier alpha value is -0.380. The van der Waals surface area contributed by atoms with E-state index in [9.17, 15) is 0 Å². The molecule has 15 heavy (non-hydrogen) atoms. The molecule has 2 nitrogen and oxygen atoms in total. The SMILES string of the molecule is CC1CNCCN1Cc1ccccc1Br. The number of hydrogen-bond acceptors (Lipinski definition) is 2. The van der Waals surface area contributed by atoms with E-state index in [0.29, 0.717) is 6.04 Å². The number of piperazine rings is 1. The smallest absolute Gasteiger partial charge is 0.0248 e.